The van der Waals surface area contributed by atoms with Gasteiger partial charge in [-0.25, -0.2) is 9.59 Å². The lowest BCUT2D eigenvalue weighted by molar-refractivity contribution is -0.414. The van der Waals surface area contributed by atoms with Gasteiger partial charge in [0.15, 0.2) is 0 Å². The molecule has 6 fully saturated rings. The quantitative estimate of drug-likeness (QED) is 0.0845. The van der Waals surface area contributed by atoms with Crippen LogP contribution < -0.4 is 21.3 Å². The van der Waals surface area contributed by atoms with Crippen LogP contribution in [0.25, 0.3) is 0 Å². The number of carbonyl (C=O) groups excluding carboxylic acids is 8. The molecule has 0 radical (unpaired) electrons. The number of carbonyl (C=O) groups is 8. The number of hydroxylamine groups is 2. The second kappa shape index (κ2) is 18.0. The summed E-state index contributed by atoms with van der Waals surface area (Å²) in [5, 5.41) is 29.0. The van der Waals surface area contributed by atoms with Crippen LogP contribution in [-0.2, 0) is 52.8 Å². The lowest BCUT2D eigenvalue weighted by Gasteiger charge is -2.45. The van der Waals surface area contributed by atoms with Crippen molar-refractivity contribution in [3.8, 4) is 0 Å². The molecule has 6 heterocycles. The number of rotatable bonds is 11. The molecule has 6 aliphatic rings. The molecule has 1 spiro atoms. The highest BCUT2D eigenvalue weighted by molar-refractivity contribution is 6.43. The van der Waals surface area contributed by atoms with Gasteiger partial charge in [-0.05, 0) is 12.8 Å². The van der Waals surface area contributed by atoms with Gasteiger partial charge in [-0.1, -0.05) is 0 Å². The molecule has 5 unspecified atom stereocenters. The van der Waals surface area contributed by atoms with Gasteiger partial charge in [-0.15, -0.1) is 0 Å². The van der Waals surface area contributed by atoms with Crippen LogP contribution in [0.4, 0.5) is 0 Å². The van der Waals surface area contributed by atoms with Gasteiger partial charge < -0.3 is 50.6 Å². The molecule has 0 aliphatic carbocycles. The third-order valence-electron chi connectivity index (χ3n) is 9.31. The molecule has 5 bridgehead atoms. The minimum atomic E-state index is -1.68. The lowest BCUT2D eigenvalue weighted by atomic mass is 9.78. The molecule has 5 amide bonds. The van der Waals surface area contributed by atoms with E-state index in [0.717, 1.165) is 0 Å². The summed E-state index contributed by atoms with van der Waals surface area (Å²) < 4.78 is 5.71. The molecule has 0 aromatic carbocycles. The van der Waals surface area contributed by atoms with Gasteiger partial charge in [0.2, 0.25) is 29.5 Å². The molecule has 6 atom stereocenters. The first kappa shape index (κ1) is 39.7. The van der Waals surface area contributed by atoms with Crippen LogP contribution >= 0.6 is 0 Å². The minimum Gasteiger partial charge on any atom is -0.433 e. The molecule has 0 aromatic rings. The first-order valence-electron chi connectivity index (χ1n) is 17.3. The van der Waals surface area contributed by atoms with E-state index < -0.39 is 85.9 Å². The second-order valence-electron chi connectivity index (χ2n) is 13.4. The number of likely N-dealkylation sites (tertiary alicyclic amines) is 1. The number of morpholine rings is 1. The summed E-state index contributed by atoms with van der Waals surface area (Å²) in [7, 11) is -1.68. The second-order valence-corrected chi connectivity index (χ2v) is 13.4. The van der Waals surface area contributed by atoms with Gasteiger partial charge in [0.25, 0.3) is 5.72 Å². The van der Waals surface area contributed by atoms with Crippen molar-refractivity contribution >= 4 is 54.6 Å². The van der Waals surface area contributed by atoms with Crippen LogP contribution in [0.3, 0.4) is 0 Å². The number of esters is 1. The summed E-state index contributed by atoms with van der Waals surface area (Å²) in [6.07, 6.45) is 1.04. The molecule has 6 saturated heterocycles. The third kappa shape index (κ3) is 11.3. The normalized spacial score (nSPS) is 29.0. The molecular formula is C29H45BN10O13. The summed E-state index contributed by atoms with van der Waals surface area (Å²) >= 11 is 0. The number of nitrogens with one attached hydrogen (secondary N) is 4. The molecular weight excluding hydrogens is 707 g/mol. The van der Waals surface area contributed by atoms with Crippen molar-refractivity contribution in [2.24, 2.45) is 0 Å². The van der Waals surface area contributed by atoms with Gasteiger partial charge in [0.05, 0.1) is 76.6 Å². The highest BCUT2D eigenvalue weighted by Crippen LogP contribution is 2.29. The maximum absolute atomic E-state index is 12.9. The Morgan fingerprint density at radius 2 is 1.15 bits per heavy atom. The van der Waals surface area contributed by atoms with Gasteiger partial charge in [0, 0.05) is 45.8 Å². The molecule has 292 valence electrons. The summed E-state index contributed by atoms with van der Waals surface area (Å²) in [5.41, 5.74) is -1.60. The van der Waals surface area contributed by atoms with Crippen molar-refractivity contribution < 1.29 is 62.8 Å². The van der Waals surface area contributed by atoms with Crippen LogP contribution in [0.1, 0.15) is 12.8 Å². The predicted octanol–water partition coefficient (Wildman–Crippen LogP) is -7.83. The fraction of sp³-hybridized carbons (Fsp3) is 0.724. The number of hydrogen-bond acceptors (Lipinski definition) is 18. The number of amides is 5. The topological polar surface area (TPSA) is 272 Å². The van der Waals surface area contributed by atoms with Gasteiger partial charge in [-0.2, -0.15) is 0 Å². The summed E-state index contributed by atoms with van der Waals surface area (Å²) in [6, 6.07) is 0. The Morgan fingerprint density at radius 1 is 0.660 bits per heavy atom. The maximum Gasteiger partial charge on any atom is 0.475 e. The summed E-state index contributed by atoms with van der Waals surface area (Å²) in [5.74, 6) is -5.74. The fourth-order valence-corrected chi connectivity index (χ4v) is 6.67. The first-order chi connectivity index (χ1) is 25.3. The average molecular weight is 753 g/mol. The van der Waals surface area contributed by atoms with E-state index in [1.54, 1.807) is 9.80 Å². The molecule has 6 aliphatic heterocycles. The molecule has 53 heavy (non-hydrogen) atoms. The number of hydrogen-bond donors (Lipinski definition) is 6. The van der Waals surface area contributed by atoms with Crippen molar-refractivity contribution in [3.05, 3.63) is 0 Å². The van der Waals surface area contributed by atoms with Crippen LogP contribution in [0.2, 0.25) is 0 Å². The molecule has 0 aromatic heterocycles. The summed E-state index contributed by atoms with van der Waals surface area (Å²) in [4.78, 5) is 119. The van der Waals surface area contributed by atoms with Crippen molar-refractivity contribution in [1.82, 2.24) is 51.0 Å². The van der Waals surface area contributed by atoms with Crippen LogP contribution in [0.15, 0.2) is 0 Å². The summed E-state index contributed by atoms with van der Waals surface area (Å²) in [6.45, 7) is 0.212. The zero-order valence-corrected chi connectivity index (χ0v) is 29.2. The number of ether oxygens (including phenoxy) is 1. The van der Waals surface area contributed by atoms with E-state index in [-0.39, 0.29) is 45.8 Å². The van der Waals surface area contributed by atoms with E-state index in [1.807, 2.05) is 9.80 Å². The Kier molecular flexibility index (Phi) is 13.5. The Bertz CT molecular complexity index is 1440. The number of fused-ring (bicyclic) bond motifs is 7. The maximum atomic E-state index is 12.9. The zero-order valence-electron chi connectivity index (χ0n) is 29.2. The Hall–Kier alpha value is -4.46. The SMILES string of the molecule is O=C(CNC(=O)CNC(=O)CN1CCN2CCN3CC(=O)ON(OC(=O)C2)C2(C3)CN(CC1)CC(=O)O2)NCC(=O)NCC(=O)N1CCC[C@H]1B(O)O. The third-order valence-corrected chi connectivity index (χ3v) is 9.31. The standard InChI is InChI=1S/C29H45BN10O13/c41-21(32-11-23(43)34-13-25(45)39-3-1-2-20(39)30(49)50)10-31-22(42)12-33-24(44)14-35-4-5-36-7-9-38-17-28(48)53-40(52-27(47)16-36)29(19-38)18-37(8-6-35)15-26(46)51-29/h20,49-50H,1-19H2,(H,31,42)(H,32,41)(H,33,44)(H,34,43)/t20-,29?/m0/s1. The molecule has 6 rings (SSSR count). The molecule has 23 nitrogen and oxygen atoms in total. The largest absolute Gasteiger partial charge is 0.475 e. The monoisotopic (exact) mass is 752 g/mol. The van der Waals surface area contributed by atoms with Gasteiger partial charge in [0.1, 0.15) is 0 Å². The fourth-order valence-electron chi connectivity index (χ4n) is 6.67. The first-order valence-corrected chi connectivity index (χ1v) is 17.3. The number of nitrogens with zero attached hydrogens (tertiary/aromatic N) is 6. The Labute approximate surface area is 304 Å². The van der Waals surface area contributed by atoms with E-state index in [4.69, 9.17) is 14.4 Å². The van der Waals surface area contributed by atoms with Gasteiger partial charge in [-0.3, -0.25) is 48.4 Å². The average Bonchev–Trinajstić information content (AvgIpc) is 3.56. The molecule has 24 heteroatoms. The molecule has 0 saturated carbocycles. The van der Waals surface area contributed by atoms with E-state index >= 15 is 0 Å². The van der Waals surface area contributed by atoms with Crippen molar-refractivity contribution in [2.75, 3.05) is 111 Å². The van der Waals surface area contributed by atoms with E-state index in [1.165, 1.54) is 4.90 Å². The van der Waals surface area contributed by atoms with Crippen LogP contribution in [0, 0.1) is 0 Å². The van der Waals surface area contributed by atoms with Crippen molar-refractivity contribution in [2.45, 2.75) is 24.5 Å². The predicted molar refractivity (Wildman–Crippen MR) is 176 cm³/mol. The molecule has 6 N–H and O–H groups in total. The van der Waals surface area contributed by atoms with Crippen LogP contribution in [0.5, 0.6) is 0 Å². The van der Waals surface area contributed by atoms with E-state index in [0.29, 0.717) is 63.9 Å². The van der Waals surface area contributed by atoms with Gasteiger partial charge >= 0.3 is 25.0 Å². The smallest absolute Gasteiger partial charge is 0.433 e. The zero-order chi connectivity index (χ0) is 38.1. The Morgan fingerprint density at radius 3 is 1.75 bits per heavy atom. The van der Waals surface area contributed by atoms with E-state index in [9.17, 15) is 48.4 Å². The Balaban J connectivity index is 1.06. The highest BCUT2D eigenvalue weighted by atomic mass is 17.0. The van der Waals surface area contributed by atoms with Crippen LogP contribution in [-0.4, -0.2) is 217 Å². The highest BCUT2D eigenvalue weighted by Gasteiger charge is 2.54. The van der Waals surface area contributed by atoms with Crippen molar-refractivity contribution in [3.63, 3.8) is 0 Å². The van der Waals surface area contributed by atoms with Crippen molar-refractivity contribution in [1.29, 1.82) is 0 Å². The lowest BCUT2D eigenvalue weighted by Crippen LogP contribution is -2.67. The minimum absolute atomic E-state index is 0.0496. The van der Waals surface area contributed by atoms with E-state index in [2.05, 4.69) is 21.3 Å².